The van der Waals surface area contributed by atoms with Gasteiger partial charge in [0.2, 0.25) is 0 Å². The summed E-state index contributed by atoms with van der Waals surface area (Å²) in [7, 11) is 0. The fraction of sp³-hybridized carbons (Fsp3) is 0.458. The van der Waals surface area contributed by atoms with E-state index in [-0.39, 0.29) is 17.2 Å². The van der Waals surface area contributed by atoms with Crippen LogP contribution in [-0.4, -0.2) is 13.2 Å². The van der Waals surface area contributed by atoms with Crippen molar-refractivity contribution in [3.63, 3.8) is 0 Å². The van der Waals surface area contributed by atoms with Crippen molar-refractivity contribution in [1.82, 2.24) is 0 Å². The average molecular weight is 402 g/mol. The number of rotatable bonds is 5. The van der Waals surface area contributed by atoms with Gasteiger partial charge in [-0.2, -0.15) is 15.8 Å². The van der Waals surface area contributed by atoms with E-state index in [1.54, 1.807) is 0 Å². The molecule has 154 valence electrons. The molecule has 0 saturated heterocycles. The second kappa shape index (κ2) is 8.93. The molecule has 0 aromatic heterocycles. The molecule has 0 saturated carbocycles. The highest BCUT2D eigenvalue weighted by Gasteiger charge is 2.54. The summed E-state index contributed by atoms with van der Waals surface area (Å²) < 4.78 is 11.6. The Kier molecular flexibility index (Phi) is 6.34. The van der Waals surface area contributed by atoms with Crippen LogP contribution in [0.25, 0.3) is 0 Å². The van der Waals surface area contributed by atoms with Crippen LogP contribution >= 0.6 is 0 Å². The molecule has 6 nitrogen and oxygen atoms in total. The number of nitrogens with zero attached hydrogens (tertiary/aromatic N) is 3. The zero-order chi connectivity index (χ0) is 21.7. The highest BCUT2D eigenvalue weighted by Crippen LogP contribution is 2.57. The Hall–Kier alpha value is -3.43. The van der Waals surface area contributed by atoms with Gasteiger partial charge in [-0.3, -0.25) is 0 Å². The number of nitrogens with two attached hydrogens (primary N) is 1. The lowest BCUT2D eigenvalue weighted by atomic mass is 9.58. The molecule has 0 spiro atoms. The van der Waals surface area contributed by atoms with Gasteiger partial charge in [-0.15, -0.1) is 0 Å². The van der Waals surface area contributed by atoms with Gasteiger partial charge < -0.3 is 15.2 Å². The molecule has 0 unspecified atom stereocenters. The standard InChI is InChI=1S/C24H26N4O2/c1-3-29-16-10-11-21(30-4-2)19(12-16)22-18-9-7-5-6-8-17(18)20(13-25)23(28)24(22,14-26)15-27/h8,10-12,18,22H,3-7,9,28H2,1-2H3/t18-,22-/m0/s1. The number of nitriles is 3. The summed E-state index contributed by atoms with van der Waals surface area (Å²) >= 11 is 0. The van der Waals surface area contributed by atoms with E-state index in [4.69, 9.17) is 15.2 Å². The Labute approximate surface area is 177 Å². The highest BCUT2D eigenvalue weighted by atomic mass is 16.5. The van der Waals surface area contributed by atoms with Crippen LogP contribution in [0.1, 0.15) is 51.0 Å². The van der Waals surface area contributed by atoms with E-state index in [0.29, 0.717) is 24.7 Å². The summed E-state index contributed by atoms with van der Waals surface area (Å²) in [5.74, 6) is 0.520. The number of ether oxygens (including phenoxy) is 2. The van der Waals surface area contributed by atoms with Gasteiger partial charge in [0.25, 0.3) is 0 Å². The van der Waals surface area contributed by atoms with Gasteiger partial charge >= 0.3 is 0 Å². The van der Waals surface area contributed by atoms with Gasteiger partial charge in [0.1, 0.15) is 17.6 Å². The predicted octanol–water partition coefficient (Wildman–Crippen LogP) is 4.47. The maximum absolute atomic E-state index is 10.2. The van der Waals surface area contributed by atoms with Gasteiger partial charge in [-0.1, -0.05) is 12.5 Å². The number of benzene rings is 1. The molecular formula is C24H26N4O2. The van der Waals surface area contributed by atoms with E-state index in [9.17, 15) is 15.8 Å². The third-order valence-electron chi connectivity index (χ3n) is 5.98. The first kappa shape index (κ1) is 21.3. The van der Waals surface area contributed by atoms with Crippen LogP contribution in [0.4, 0.5) is 0 Å². The number of hydrogen-bond acceptors (Lipinski definition) is 6. The largest absolute Gasteiger partial charge is 0.494 e. The molecule has 1 aromatic carbocycles. The van der Waals surface area contributed by atoms with Gasteiger partial charge in [0.15, 0.2) is 5.41 Å². The molecule has 30 heavy (non-hydrogen) atoms. The van der Waals surface area contributed by atoms with E-state index in [1.807, 2.05) is 32.0 Å². The maximum Gasteiger partial charge on any atom is 0.191 e. The first-order valence-corrected chi connectivity index (χ1v) is 10.4. The molecule has 0 heterocycles. The summed E-state index contributed by atoms with van der Waals surface area (Å²) in [6.07, 6.45) is 5.61. The molecule has 2 aliphatic carbocycles. The van der Waals surface area contributed by atoms with Crippen LogP contribution in [0, 0.1) is 45.3 Å². The Balaban J connectivity index is 2.35. The molecule has 1 aromatic rings. The fourth-order valence-corrected chi connectivity index (χ4v) is 4.70. The summed E-state index contributed by atoms with van der Waals surface area (Å²) in [6, 6.07) is 12.1. The van der Waals surface area contributed by atoms with Crippen molar-refractivity contribution < 1.29 is 9.47 Å². The van der Waals surface area contributed by atoms with Crippen molar-refractivity contribution in [2.75, 3.05) is 13.2 Å². The van der Waals surface area contributed by atoms with E-state index in [1.165, 1.54) is 0 Å². The van der Waals surface area contributed by atoms with Gasteiger partial charge in [0.05, 0.1) is 36.6 Å². The lowest BCUT2D eigenvalue weighted by molar-refractivity contribution is 0.293. The molecule has 2 N–H and O–H groups in total. The number of hydrogen-bond donors (Lipinski definition) is 1. The molecule has 6 heteroatoms. The van der Waals surface area contributed by atoms with Crippen LogP contribution in [0.2, 0.25) is 0 Å². The van der Waals surface area contributed by atoms with Crippen LogP contribution in [0.15, 0.2) is 41.1 Å². The molecule has 0 aliphatic heterocycles. The average Bonchev–Trinajstić information content (AvgIpc) is 3.00. The van der Waals surface area contributed by atoms with Crippen molar-refractivity contribution in [3.8, 4) is 29.7 Å². The zero-order valence-electron chi connectivity index (χ0n) is 17.4. The highest BCUT2D eigenvalue weighted by molar-refractivity contribution is 5.60. The molecular weight excluding hydrogens is 376 g/mol. The third-order valence-corrected chi connectivity index (χ3v) is 5.98. The van der Waals surface area contributed by atoms with Crippen molar-refractivity contribution in [2.24, 2.45) is 17.1 Å². The molecule has 0 amide bonds. The first-order chi connectivity index (χ1) is 14.6. The summed E-state index contributed by atoms with van der Waals surface area (Å²) in [5.41, 5.74) is 6.63. The quantitative estimate of drug-likeness (QED) is 0.777. The number of fused-ring (bicyclic) bond motifs is 1. The van der Waals surface area contributed by atoms with Crippen LogP contribution in [0.5, 0.6) is 11.5 Å². The lowest BCUT2D eigenvalue weighted by Gasteiger charge is -2.42. The molecule has 2 atom stereocenters. The summed E-state index contributed by atoms with van der Waals surface area (Å²) in [6.45, 7) is 4.73. The monoisotopic (exact) mass is 402 g/mol. The van der Waals surface area contributed by atoms with E-state index < -0.39 is 11.3 Å². The van der Waals surface area contributed by atoms with Crippen LogP contribution in [0.3, 0.4) is 0 Å². The van der Waals surface area contributed by atoms with E-state index in [0.717, 1.165) is 36.8 Å². The Morgan fingerprint density at radius 1 is 1.10 bits per heavy atom. The van der Waals surface area contributed by atoms with Crippen LogP contribution < -0.4 is 15.2 Å². The lowest BCUT2D eigenvalue weighted by Crippen LogP contribution is -2.42. The summed E-state index contributed by atoms with van der Waals surface area (Å²) in [5, 5.41) is 30.3. The van der Waals surface area contributed by atoms with E-state index in [2.05, 4.69) is 24.3 Å². The Bertz CT molecular complexity index is 990. The minimum atomic E-state index is -1.66. The minimum absolute atomic E-state index is 0.0358. The normalized spacial score (nSPS) is 22.4. The van der Waals surface area contributed by atoms with Gasteiger partial charge in [0, 0.05) is 11.5 Å². The summed E-state index contributed by atoms with van der Waals surface area (Å²) in [4.78, 5) is 0. The third kappa shape index (κ3) is 3.38. The zero-order valence-corrected chi connectivity index (χ0v) is 17.4. The molecule has 0 fully saturated rings. The maximum atomic E-state index is 10.2. The molecule has 2 aliphatic rings. The molecule has 0 bridgehead atoms. The molecule has 3 rings (SSSR count). The first-order valence-electron chi connectivity index (χ1n) is 10.4. The van der Waals surface area contributed by atoms with Crippen molar-refractivity contribution in [2.45, 2.75) is 45.4 Å². The minimum Gasteiger partial charge on any atom is -0.494 e. The van der Waals surface area contributed by atoms with E-state index >= 15 is 0 Å². The smallest absolute Gasteiger partial charge is 0.191 e. The topological polar surface area (TPSA) is 116 Å². The van der Waals surface area contributed by atoms with Gasteiger partial charge in [-0.05, 0) is 62.8 Å². The molecule has 0 radical (unpaired) electrons. The second-order valence-corrected chi connectivity index (χ2v) is 7.53. The van der Waals surface area contributed by atoms with Crippen molar-refractivity contribution >= 4 is 0 Å². The second-order valence-electron chi connectivity index (χ2n) is 7.53. The van der Waals surface area contributed by atoms with Crippen molar-refractivity contribution in [3.05, 3.63) is 46.7 Å². The number of allylic oxidation sites excluding steroid dienone is 4. The van der Waals surface area contributed by atoms with Gasteiger partial charge in [-0.25, -0.2) is 0 Å². The Morgan fingerprint density at radius 2 is 1.83 bits per heavy atom. The SMILES string of the molecule is CCOc1ccc(OCC)c([C@@H]2[C@H]3CCCCC=C3C(C#N)=C(N)C2(C#N)C#N)c1. The Morgan fingerprint density at radius 3 is 2.47 bits per heavy atom. The van der Waals surface area contributed by atoms with Crippen LogP contribution in [-0.2, 0) is 0 Å². The fourth-order valence-electron chi connectivity index (χ4n) is 4.70. The van der Waals surface area contributed by atoms with Crippen molar-refractivity contribution in [1.29, 1.82) is 15.8 Å². The predicted molar refractivity (Wildman–Crippen MR) is 112 cm³/mol.